The van der Waals surface area contributed by atoms with Gasteiger partial charge in [0, 0.05) is 30.2 Å². The third-order valence-corrected chi connectivity index (χ3v) is 3.72. The van der Waals surface area contributed by atoms with Crippen LogP contribution in [0.1, 0.15) is 66.2 Å². The largest absolute Gasteiger partial charge is 0.496 e. The monoisotopic (exact) mass is 270 g/mol. The van der Waals surface area contributed by atoms with Crippen molar-refractivity contribution in [1.82, 2.24) is 4.98 Å². The minimum absolute atomic E-state index is 0.248. The van der Waals surface area contributed by atoms with E-state index >= 15 is 0 Å². The zero-order valence-electron chi connectivity index (χ0n) is 20.6. The fourth-order valence-electron chi connectivity index (χ4n) is 1.77. The minimum Gasteiger partial charge on any atom is -0.399 e. The van der Waals surface area contributed by atoms with Crippen LogP contribution in [0.4, 0.5) is 0 Å². The van der Waals surface area contributed by atoms with Gasteiger partial charge in [-0.05, 0) is 38.7 Å². The summed E-state index contributed by atoms with van der Waals surface area (Å²) in [5.41, 5.74) is -4.68. The highest BCUT2D eigenvalue weighted by molar-refractivity contribution is 6.62. The van der Waals surface area contributed by atoms with Gasteiger partial charge in [0.05, 0.1) is 11.2 Å². The van der Waals surface area contributed by atoms with Crippen LogP contribution in [0.2, 0.25) is 0 Å². The third-order valence-electron chi connectivity index (χ3n) is 3.72. The van der Waals surface area contributed by atoms with Gasteiger partial charge in [-0.25, -0.2) is 0 Å². The zero-order valence-corrected chi connectivity index (χ0v) is 11.6. The van der Waals surface area contributed by atoms with Crippen molar-refractivity contribution in [2.45, 2.75) is 64.9 Å². The van der Waals surface area contributed by atoms with E-state index in [0.29, 0.717) is 0 Å². The molecule has 0 N–H and O–H groups in total. The van der Waals surface area contributed by atoms with Crippen molar-refractivity contribution in [2.75, 3.05) is 0 Å². The number of hydrogen-bond acceptors (Lipinski definition) is 3. The van der Waals surface area contributed by atoms with E-state index in [0.717, 1.165) is 6.20 Å². The number of rotatable bonds is 1. The van der Waals surface area contributed by atoms with E-state index in [1.807, 2.05) is 27.7 Å². The van der Waals surface area contributed by atoms with E-state index in [1.165, 1.54) is 12.3 Å². The summed E-state index contributed by atoms with van der Waals surface area (Å²) in [6, 6.07) is 1.19. The molecule has 1 aromatic rings. The van der Waals surface area contributed by atoms with Crippen LogP contribution in [-0.4, -0.2) is 23.3 Å². The quantitative estimate of drug-likeness (QED) is 0.735. The summed E-state index contributed by atoms with van der Waals surface area (Å²) in [6.45, 7) is -2.76. The molecular weight excluding hydrogens is 237 g/mol. The molecule has 19 heavy (non-hydrogen) atoms. The Bertz CT molecular complexity index is 688. The van der Waals surface area contributed by atoms with E-state index in [1.54, 1.807) is 0 Å². The fourth-order valence-corrected chi connectivity index (χ4v) is 1.77. The van der Waals surface area contributed by atoms with Gasteiger partial charge in [0.2, 0.25) is 0 Å². The summed E-state index contributed by atoms with van der Waals surface area (Å²) in [6.07, 6.45) is 2.31. The first-order valence-electron chi connectivity index (χ1n) is 10.6. The molecule has 0 radical (unpaired) electrons. The Kier molecular flexibility index (Phi) is 1.53. The van der Waals surface area contributed by atoms with Crippen LogP contribution in [0.5, 0.6) is 0 Å². The highest BCUT2D eigenvalue weighted by Gasteiger charge is 2.51. The van der Waals surface area contributed by atoms with Gasteiger partial charge in [-0.1, -0.05) is 26.6 Å². The van der Waals surface area contributed by atoms with Gasteiger partial charge in [-0.3, -0.25) is 4.98 Å². The lowest BCUT2D eigenvalue weighted by atomic mass is 9.77. The van der Waals surface area contributed by atoms with Crippen molar-refractivity contribution >= 4 is 12.6 Å². The lowest BCUT2D eigenvalue weighted by molar-refractivity contribution is 0.00578. The van der Waals surface area contributed by atoms with E-state index in [2.05, 4.69) is 4.98 Å². The third kappa shape index (κ3) is 2.70. The van der Waals surface area contributed by atoms with Crippen LogP contribution in [-0.2, 0) is 14.7 Å². The molecule has 4 heteroatoms. The molecule has 104 valence electrons. The van der Waals surface area contributed by atoms with Gasteiger partial charge < -0.3 is 9.31 Å². The van der Waals surface area contributed by atoms with E-state index in [-0.39, 0.29) is 5.46 Å². The molecule has 0 saturated carbocycles. The summed E-state index contributed by atoms with van der Waals surface area (Å²) in [5.74, 6) is 0. The molecule has 0 aliphatic carbocycles. The second-order valence-electron chi connectivity index (χ2n) is 5.85. The number of aromatic nitrogens is 1. The lowest BCUT2D eigenvalue weighted by Gasteiger charge is -2.32. The molecule has 1 aromatic heterocycles. The predicted molar refractivity (Wildman–Crippen MR) is 78.7 cm³/mol. The highest BCUT2D eigenvalue weighted by atomic mass is 16.7. The number of hydrogen-bond donors (Lipinski definition) is 0. The van der Waals surface area contributed by atoms with Crippen LogP contribution >= 0.6 is 0 Å². The van der Waals surface area contributed by atoms with Crippen molar-refractivity contribution in [3.05, 3.63) is 24.0 Å². The second kappa shape index (κ2) is 4.32. The predicted octanol–water partition coefficient (Wildman–Crippen LogP) is 2.68. The molecule has 1 aliphatic rings. The summed E-state index contributed by atoms with van der Waals surface area (Å²) < 4.78 is 82.1. The van der Waals surface area contributed by atoms with Crippen LogP contribution in [0.25, 0.3) is 0 Å². The SMILES string of the molecule is [2H]C([2H])([2H])C(c1cncc(B2OC(C)(C)C(C)(C)O2)c1)(C([2H])([2H])[2H])C([2H])([2H])[2H]. The maximum atomic E-state index is 7.81. The molecule has 2 rings (SSSR count). The van der Waals surface area contributed by atoms with Crippen LogP contribution in [0.3, 0.4) is 0 Å². The van der Waals surface area contributed by atoms with Gasteiger partial charge in [0.25, 0.3) is 0 Å². The molecule has 1 fully saturated rings. The second-order valence-corrected chi connectivity index (χ2v) is 5.85. The first-order valence-corrected chi connectivity index (χ1v) is 6.09. The molecule has 2 heterocycles. The Morgan fingerprint density at radius 3 is 2.21 bits per heavy atom. The van der Waals surface area contributed by atoms with Gasteiger partial charge in [0.15, 0.2) is 0 Å². The van der Waals surface area contributed by atoms with Crippen LogP contribution in [0, 0.1) is 0 Å². The first kappa shape index (κ1) is 6.73. The van der Waals surface area contributed by atoms with E-state index in [9.17, 15) is 0 Å². The Balaban J connectivity index is 2.68. The van der Waals surface area contributed by atoms with Gasteiger partial charge in [-0.2, -0.15) is 0 Å². The maximum Gasteiger partial charge on any atom is 0.496 e. The van der Waals surface area contributed by atoms with Gasteiger partial charge >= 0.3 is 7.12 Å². The highest BCUT2D eigenvalue weighted by Crippen LogP contribution is 2.36. The Morgan fingerprint density at radius 1 is 1.11 bits per heavy atom. The molecule has 0 amide bonds. The molecule has 0 unspecified atom stereocenters. The molecule has 0 spiro atoms. The minimum atomic E-state index is -3.35. The smallest absolute Gasteiger partial charge is 0.399 e. The average molecular weight is 270 g/mol. The van der Waals surface area contributed by atoms with Crippen LogP contribution < -0.4 is 5.46 Å². The average Bonchev–Trinajstić information content (AvgIpc) is 2.63. The molecule has 1 aliphatic heterocycles. The summed E-state index contributed by atoms with van der Waals surface area (Å²) in [4.78, 5) is 3.92. The Morgan fingerprint density at radius 2 is 1.68 bits per heavy atom. The topological polar surface area (TPSA) is 31.4 Å². The number of pyridine rings is 1. The Labute approximate surface area is 129 Å². The van der Waals surface area contributed by atoms with Gasteiger partial charge in [-0.15, -0.1) is 0 Å². The molecule has 0 atom stereocenters. The number of nitrogens with zero attached hydrogens (tertiary/aromatic N) is 1. The van der Waals surface area contributed by atoms with Crippen molar-refractivity contribution < 1.29 is 21.6 Å². The maximum absolute atomic E-state index is 7.81. The standard InChI is InChI=1S/C15H24BNO2/c1-13(2,3)11-8-12(10-17-9-11)16-18-14(4,5)15(6,7)19-16/h8-10H,1-7H3/i1D3,2D3,3D3. The van der Waals surface area contributed by atoms with E-state index < -0.39 is 49.9 Å². The van der Waals surface area contributed by atoms with Crippen molar-refractivity contribution in [3.8, 4) is 0 Å². The molecule has 0 bridgehead atoms. The molecule has 1 saturated heterocycles. The summed E-state index contributed by atoms with van der Waals surface area (Å²) in [5, 5.41) is 0. The molecule has 0 aromatic carbocycles. The fraction of sp³-hybridized carbons (Fsp3) is 0.667. The zero-order chi connectivity index (χ0) is 22.0. The van der Waals surface area contributed by atoms with Crippen molar-refractivity contribution in [2.24, 2.45) is 0 Å². The summed E-state index contributed by atoms with van der Waals surface area (Å²) in [7, 11) is -0.944. The van der Waals surface area contributed by atoms with Crippen molar-refractivity contribution in [3.63, 3.8) is 0 Å². The Hall–Kier alpha value is -0.865. The first-order chi connectivity index (χ1) is 12.3. The lowest BCUT2D eigenvalue weighted by Crippen LogP contribution is -2.41. The van der Waals surface area contributed by atoms with Crippen molar-refractivity contribution in [1.29, 1.82) is 0 Å². The molecule has 3 nitrogen and oxygen atoms in total. The van der Waals surface area contributed by atoms with Gasteiger partial charge in [0.1, 0.15) is 0 Å². The normalized spacial score (nSPS) is 30.7. The summed E-state index contributed by atoms with van der Waals surface area (Å²) >= 11 is 0. The van der Waals surface area contributed by atoms with Crippen LogP contribution in [0.15, 0.2) is 18.5 Å². The van der Waals surface area contributed by atoms with E-state index in [4.69, 9.17) is 21.6 Å². The molecular formula is C15H24BNO2.